The average Bonchev–Trinajstić information content (AvgIpc) is 3.08. The quantitative estimate of drug-likeness (QED) is 0.933. The van der Waals surface area contributed by atoms with E-state index in [9.17, 15) is 4.79 Å². The number of benzene rings is 1. The van der Waals surface area contributed by atoms with Gasteiger partial charge in [0.25, 0.3) is 0 Å². The summed E-state index contributed by atoms with van der Waals surface area (Å²) in [5.41, 5.74) is 2.38. The van der Waals surface area contributed by atoms with E-state index >= 15 is 0 Å². The van der Waals surface area contributed by atoms with Crippen molar-refractivity contribution in [2.24, 2.45) is 13.0 Å². The monoisotopic (exact) mass is 335 g/mol. The van der Waals surface area contributed by atoms with Crippen molar-refractivity contribution in [2.75, 3.05) is 6.54 Å². The molecule has 1 aromatic carbocycles. The summed E-state index contributed by atoms with van der Waals surface area (Å²) in [6.45, 7) is 2.66. The van der Waals surface area contributed by atoms with Crippen LogP contribution in [0.25, 0.3) is 10.9 Å². The van der Waals surface area contributed by atoms with Gasteiger partial charge in [-0.25, -0.2) is 0 Å². The number of aromatic nitrogens is 2. The van der Waals surface area contributed by atoms with Crippen LogP contribution in [0.1, 0.15) is 31.2 Å². The highest BCUT2D eigenvalue weighted by Gasteiger charge is 2.40. The Morgan fingerprint density at radius 1 is 1.55 bits per heavy atom. The van der Waals surface area contributed by atoms with E-state index in [1.54, 1.807) is 0 Å². The molecule has 0 bridgehead atoms. The van der Waals surface area contributed by atoms with Gasteiger partial charge in [-0.1, -0.05) is 22.9 Å². The van der Waals surface area contributed by atoms with Crippen molar-refractivity contribution in [3.05, 3.63) is 28.4 Å². The van der Waals surface area contributed by atoms with E-state index in [2.05, 4.69) is 38.6 Å². The standard InChI is InChI=1S/C15H18BrN3O/c1-3-14(20)17-7-9-6-10(9)15-11-8-19(2)18-13(11)5-4-12(15)16/h4-5,8-10H,3,6-7H2,1-2H3,(H,17,20). The molecule has 2 unspecified atom stereocenters. The fourth-order valence-electron chi connectivity index (χ4n) is 2.78. The van der Waals surface area contributed by atoms with Gasteiger partial charge < -0.3 is 5.32 Å². The van der Waals surface area contributed by atoms with Crippen LogP contribution >= 0.6 is 15.9 Å². The second-order valence-electron chi connectivity index (χ2n) is 5.46. The molecular formula is C15H18BrN3O. The summed E-state index contributed by atoms with van der Waals surface area (Å²) in [6, 6.07) is 4.11. The molecule has 0 spiro atoms. The summed E-state index contributed by atoms with van der Waals surface area (Å²) in [5, 5.41) is 8.67. The third kappa shape index (κ3) is 2.46. The van der Waals surface area contributed by atoms with Crippen LogP contribution in [0.4, 0.5) is 0 Å². The smallest absolute Gasteiger partial charge is 0.219 e. The number of fused-ring (bicyclic) bond motifs is 1. The van der Waals surface area contributed by atoms with E-state index in [0.29, 0.717) is 18.3 Å². The number of carbonyl (C=O) groups is 1. The Labute approximate surface area is 126 Å². The first-order valence-corrected chi connectivity index (χ1v) is 7.78. The molecule has 1 aromatic heterocycles. The molecule has 106 valence electrons. The Hall–Kier alpha value is -1.36. The van der Waals surface area contributed by atoms with Crippen LogP contribution in [0.5, 0.6) is 0 Å². The van der Waals surface area contributed by atoms with E-state index in [1.165, 1.54) is 10.9 Å². The van der Waals surface area contributed by atoms with Gasteiger partial charge in [-0.05, 0) is 36.0 Å². The van der Waals surface area contributed by atoms with E-state index in [0.717, 1.165) is 23.0 Å². The Morgan fingerprint density at radius 2 is 2.35 bits per heavy atom. The molecule has 1 aliphatic rings. The first kappa shape index (κ1) is 13.6. The number of aryl methyl sites for hydroxylation is 1. The fraction of sp³-hybridized carbons (Fsp3) is 0.467. The van der Waals surface area contributed by atoms with Crippen LogP contribution in [0.2, 0.25) is 0 Å². The zero-order chi connectivity index (χ0) is 14.3. The number of rotatable bonds is 4. The van der Waals surface area contributed by atoms with Gasteiger partial charge in [-0.2, -0.15) is 5.10 Å². The summed E-state index contributed by atoms with van der Waals surface area (Å²) in [7, 11) is 1.95. The maximum absolute atomic E-state index is 11.3. The molecular weight excluding hydrogens is 318 g/mol. The number of nitrogens with zero attached hydrogens (tertiary/aromatic N) is 2. The van der Waals surface area contributed by atoms with Crippen LogP contribution in [-0.4, -0.2) is 22.2 Å². The maximum Gasteiger partial charge on any atom is 0.219 e. The van der Waals surface area contributed by atoms with Crippen molar-refractivity contribution in [1.29, 1.82) is 0 Å². The zero-order valence-electron chi connectivity index (χ0n) is 11.7. The minimum atomic E-state index is 0.134. The number of hydrogen-bond acceptors (Lipinski definition) is 2. The normalized spacial score (nSPS) is 21.1. The van der Waals surface area contributed by atoms with Crippen LogP contribution in [-0.2, 0) is 11.8 Å². The average molecular weight is 336 g/mol. The predicted molar refractivity (Wildman–Crippen MR) is 82.6 cm³/mol. The van der Waals surface area contributed by atoms with Gasteiger partial charge in [0.05, 0.1) is 5.52 Å². The van der Waals surface area contributed by atoms with Gasteiger partial charge in [-0.3, -0.25) is 9.48 Å². The van der Waals surface area contributed by atoms with E-state index in [1.807, 2.05) is 24.7 Å². The SMILES string of the molecule is CCC(=O)NCC1CC1c1c(Br)ccc2nn(C)cc12. The summed E-state index contributed by atoms with van der Waals surface area (Å²) < 4.78 is 3.00. The first-order chi connectivity index (χ1) is 9.60. The molecule has 0 radical (unpaired) electrons. The summed E-state index contributed by atoms with van der Waals surface area (Å²) in [4.78, 5) is 11.3. The number of nitrogens with one attached hydrogen (secondary N) is 1. The first-order valence-electron chi connectivity index (χ1n) is 6.98. The minimum Gasteiger partial charge on any atom is -0.356 e. The van der Waals surface area contributed by atoms with Crippen molar-refractivity contribution >= 4 is 32.7 Å². The zero-order valence-corrected chi connectivity index (χ0v) is 13.3. The van der Waals surface area contributed by atoms with Gasteiger partial charge in [0.1, 0.15) is 0 Å². The lowest BCUT2D eigenvalue weighted by molar-refractivity contribution is -0.120. The van der Waals surface area contributed by atoms with Gasteiger partial charge >= 0.3 is 0 Å². The Kier molecular flexibility index (Phi) is 3.54. The molecule has 1 fully saturated rings. The molecule has 1 N–H and O–H groups in total. The van der Waals surface area contributed by atoms with E-state index in [-0.39, 0.29) is 5.91 Å². The van der Waals surface area contributed by atoms with Crippen LogP contribution in [0.15, 0.2) is 22.8 Å². The second kappa shape index (κ2) is 5.20. The minimum absolute atomic E-state index is 0.134. The second-order valence-corrected chi connectivity index (χ2v) is 6.31. The van der Waals surface area contributed by atoms with Gasteiger partial charge in [0, 0.05) is 36.1 Å². The maximum atomic E-state index is 11.3. The van der Waals surface area contributed by atoms with Crippen LogP contribution < -0.4 is 5.32 Å². The van der Waals surface area contributed by atoms with Crippen molar-refractivity contribution in [3.63, 3.8) is 0 Å². The lowest BCUT2D eigenvalue weighted by atomic mass is 10.0. The molecule has 4 nitrogen and oxygen atoms in total. The molecule has 3 rings (SSSR count). The molecule has 1 saturated carbocycles. The van der Waals surface area contributed by atoms with Crippen LogP contribution in [0, 0.1) is 5.92 Å². The van der Waals surface area contributed by atoms with Gasteiger partial charge in [0.2, 0.25) is 5.91 Å². The molecule has 20 heavy (non-hydrogen) atoms. The lowest BCUT2D eigenvalue weighted by Gasteiger charge is -2.06. The highest BCUT2D eigenvalue weighted by Crippen LogP contribution is 2.51. The lowest BCUT2D eigenvalue weighted by Crippen LogP contribution is -2.24. The summed E-state index contributed by atoms with van der Waals surface area (Å²) in [5.74, 6) is 1.20. The fourth-order valence-corrected chi connectivity index (χ4v) is 3.42. The van der Waals surface area contributed by atoms with Crippen molar-refractivity contribution in [3.8, 4) is 0 Å². The molecule has 2 atom stereocenters. The van der Waals surface area contributed by atoms with Crippen LogP contribution in [0.3, 0.4) is 0 Å². The molecule has 1 heterocycles. The molecule has 1 amide bonds. The van der Waals surface area contributed by atoms with E-state index in [4.69, 9.17) is 0 Å². The molecule has 5 heteroatoms. The van der Waals surface area contributed by atoms with Gasteiger partial charge in [-0.15, -0.1) is 0 Å². The molecule has 0 aliphatic heterocycles. The Bertz CT molecular complexity index is 664. The van der Waals surface area contributed by atoms with Crippen molar-refractivity contribution < 1.29 is 4.79 Å². The number of halogens is 1. The third-order valence-electron chi connectivity index (χ3n) is 3.97. The predicted octanol–water partition coefficient (Wildman–Crippen LogP) is 2.97. The number of hydrogen-bond donors (Lipinski definition) is 1. The van der Waals surface area contributed by atoms with Crippen molar-refractivity contribution in [1.82, 2.24) is 15.1 Å². The summed E-state index contributed by atoms with van der Waals surface area (Å²) >= 11 is 3.66. The third-order valence-corrected chi connectivity index (χ3v) is 4.66. The number of carbonyl (C=O) groups excluding carboxylic acids is 1. The topological polar surface area (TPSA) is 46.9 Å². The highest BCUT2D eigenvalue weighted by molar-refractivity contribution is 9.10. The largest absolute Gasteiger partial charge is 0.356 e. The summed E-state index contributed by atoms with van der Waals surface area (Å²) in [6.07, 6.45) is 3.77. The highest BCUT2D eigenvalue weighted by atomic mass is 79.9. The molecule has 1 aliphatic carbocycles. The molecule has 0 saturated heterocycles. The molecule has 2 aromatic rings. The Morgan fingerprint density at radius 3 is 3.10 bits per heavy atom. The Balaban J connectivity index is 1.81. The number of amides is 1. The van der Waals surface area contributed by atoms with Crippen molar-refractivity contribution in [2.45, 2.75) is 25.7 Å². The van der Waals surface area contributed by atoms with E-state index < -0.39 is 0 Å². The van der Waals surface area contributed by atoms with Gasteiger partial charge in [0.15, 0.2) is 0 Å².